The number of rotatable bonds is 5. The maximum absolute atomic E-state index is 12.9. The summed E-state index contributed by atoms with van der Waals surface area (Å²) < 4.78 is 2.35. The fraction of sp³-hybridized carbons (Fsp3) is 0.526. The number of hydrogen-bond acceptors (Lipinski definition) is 3. The van der Waals surface area contributed by atoms with Crippen molar-refractivity contribution in [2.45, 2.75) is 26.1 Å². The highest BCUT2D eigenvalue weighted by molar-refractivity contribution is 5.83. The van der Waals surface area contributed by atoms with Crippen molar-refractivity contribution >= 4 is 16.8 Å². The Hall–Kier alpha value is -1.85. The normalized spacial score (nSPS) is 16.0. The largest absolute Gasteiger partial charge is 0.341 e. The third-order valence-corrected chi connectivity index (χ3v) is 5.07. The van der Waals surface area contributed by atoms with Gasteiger partial charge in [-0.05, 0) is 45.6 Å². The van der Waals surface area contributed by atoms with Crippen LogP contribution in [-0.4, -0.2) is 72.0 Å². The van der Waals surface area contributed by atoms with E-state index in [1.165, 1.54) is 16.6 Å². The van der Waals surface area contributed by atoms with E-state index in [0.717, 1.165) is 26.2 Å². The van der Waals surface area contributed by atoms with E-state index in [1.54, 1.807) is 0 Å². The summed E-state index contributed by atoms with van der Waals surface area (Å²) >= 11 is 0. The van der Waals surface area contributed by atoms with E-state index in [0.29, 0.717) is 6.54 Å². The summed E-state index contributed by atoms with van der Waals surface area (Å²) in [6.45, 7) is 6.25. The van der Waals surface area contributed by atoms with Crippen molar-refractivity contribution in [3.05, 3.63) is 36.0 Å². The monoisotopic (exact) mass is 328 g/mol. The fourth-order valence-electron chi connectivity index (χ4n) is 3.35. The van der Waals surface area contributed by atoms with Crippen LogP contribution in [0.25, 0.3) is 10.9 Å². The number of aromatic nitrogens is 1. The van der Waals surface area contributed by atoms with Gasteiger partial charge in [0.1, 0.15) is 0 Å². The van der Waals surface area contributed by atoms with E-state index >= 15 is 0 Å². The van der Waals surface area contributed by atoms with Crippen LogP contribution in [0.4, 0.5) is 0 Å². The molecule has 2 aromatic rings. The highest BCUT2D eigenvalue weighted by Crippen LogP contribution is 2.24. The Balaban J connectivity index is 1.69. The topological polar surface area (TPSA) is 31.7 Å². The van der Waals surface area contributed by atoms with Crippen LogP contribution in [0.3, 0.4) is 0 Å². The Morgan fingerprint density at radius 1 is 1.17 bits per heavy atom. The third-order valence-electron chi connectivity index (χ3n) is 5.07. The third kappa shape index (κ3) is 3.32. The van der Waals surface area contributed by atoms with Crippen molar-refractivity contribution in [1.29, 1.82) is 0 Å². The number of likely N-dealkylation sites (N-methyl/N-ethyl adjacent to an activating group) is 2. The van der Waals surface area contributed by atoms with Gasteiger partial charge in [0, 0.05) is 37.4 Å². The molecule has 2 heterocycles. The number of benzene rings is 1. The molecule has 0 fully saturated rings. The van der Waals surface area contributed by atoms with E-state index < -0.39 is 0 Å². The second-order valence-electron chi connectivity index (χ2n) is 7.07. The minimum absolute atomic E-state index is 0.0825. The van der Waals surface area contributed by atoms with Crippen molar-refractivity contribution in [3.63, 3.8) is 0 Å². The minimum Gasteiger partial charge on any atom is -0.341 e. The molecule has 0 bridgehead atoms. The number of carbonyl (C=O) groups is 1. The molecule has 0 saturated heterocycles. The maximum Gasteiger partial charge on any atom is 0.240 e. The molecular formula is C19H28N4O. The molecule has 1 amide bonds. The van der Waals surface area contributed by atoms with Crippen LogP contribution in [0.1, 0.15) is 12.6 Å². The average molecular weight is 328 g/mol. The second kappa shape index (κ2) is 6.95. The summed E-state index contributed by atoms with van der Waals surface area (Å²) in [5.41, 5.74) is 2.51. The number of carbonyl (C=O) groups excluding carboxylic acids is 1. The van der Waals surface area contributed by atoms with Crippen LogP contribution < -0.4 is 0 Å². The highest BCUT2D eigenvalue weighted by Gasteiger charge is 2.27. The lowest BCUT2D eigenvalue weighted by atomic mass is 10.2. The quantitative estimate of drug-likeness (QED) is 0.840. The smallest absolute Gasteiger partial charge is 0.240 e. The zero-order chi connectivity index (χ0) is 17.3. The lowest BCUT2D eigenvalue weighted by Crippen LogP contribution is -2.49. The van der Waals surface area contributed by atoms with E-state index in [2.05, 4.69) is 58.8 Å². The first kappa shape index (κ1) is 17.0. The summed E-state index contributed by atoms with van der Waals surface area (Å²) in [7, 11) is 6.15. The van der Waals surface area contributed by atoms with Gasteiger partial charge in [0.15, 0.2) is 0 Å². The first-order valence-corrected chi connectivity index (χ1v) is 8.68. The van der Waals surface area contributed by atoms with Gasteiger partial charge in [0.2, 0.25) is 5.91 Å². The molecule has 1 aromatic heterocycles. The van der Waals surface area contributed by atoms with E-state index in [-0.39, 0.29) is 11.9 Å². The van der Waals surface area contributed by atoms with Gasteiger partial charge in [-0.15, -0.1) is 0 Å². The first-order valence-electron chi connectivity index (χ1n) is 8.68. The molecule has 5 heteroatoms. The molecule has 0 N–H and O–H groups in total. The van der Waals surface area contributed by atoms with Crippen LogP contribution in [0.2, 0.25) is 0 Å². The van der Waals surface area contributed by atoms with Crippen molar-refractivity contribution in [1.82, 2.24) is 19.3 Å². The lowest BCUT2D eigenvalue weighted by Gasteiger charge is -2.34. The summed E-state index contributed by atoms with van der Waals surface area (Å²) in [5, 5.41) is 1.26. The summed E-state index contributed by atoms with van der Waals surface area (Å²) in [6, 6.07) is 10.6. The highest BCUT2D eigenvalue weighted by atomic mass is 16.2. The Morgan fingerprint density at radius 3 is 2.67 bits per heavy atom. The zero-order valence-electron chi connectivity index (χ0n) is 15.2. The predicted molar refractivity (Wildman–Crippen MR) is 98.0 cm³/mol. The molecule has 5 nitrogen and oxygen atoms in total. The molecule has 1 aromatic carbocycles. The van der Waals surface area contributed by atoms with Gasteiger partial charge >= 0.3 is 0 Å². The molecule has 24 heavy (non-hydrogen) atoms. The molecule has 130 valence electrons. The van der Waals surface area contributed by atoms with E-state index in [9.17, 15) is 4.79 Å². The van der Waals surface area contributed by atoms with Gasteiger partial charge in [-0.25, -0.2) is 0 Å². The SMILES string of the molecule is CC(C(=O)N1CCn2c(cc3ccccc32)C1)N(C)CCN(C)C. The summed E-state index contributed by atoms with van der Waals surface area (Å²) in [6.07, 6.45) is 0. The van der Waals surface area contributed by atoms with Crippen molar-refractivity contribution in [2.75, 3.05) is 40.8 Å². The Morgan fingerprint density at radius 2 is 1.92 bits per heavy atom. The predicted octanol–water partition coefficient (Wildman–Crippen LogP) is 1.87. The fourth-order valence-corrected chi connectivity index (χ4v) is 3.35. The Labute approximate surface area is 144 Å². The van der Waals surface area contributed by atoms with Crippen LogP contribution in [0.15, 0.2) is 30.3 Å². The summed E-state index contributed by atoms with van der Waals surface area (Å²) in [5.74, 6) is 0.229. The molecule has 3 rings (SSSR count). The number of hydrogen-bond donors (Lipinski definition) is 0. The maximum atomic E-state index is 12.9. The van der Waals surface area contributed by atoms with Gasteiger partial charge in [-0.1, -0.05) is 18.2 Å². The van der Waals surface area contributed by atoms with Crippen LogP contribution in [0, 0.1) is 0 Å². The van der Waals surface area contributed by atoms with E-state index in [4.69, 9.17) is 0 Å². The number of nitrogens with zero attached hydrogens (tertiary/aromatic N) is 4. The molecule has 1 aliphatic heterocycles. The van der Waals surface area contributed by atoms with Crippen molar-refractivity contribution in [3.8, 4) is 0 Å². The van der Waals surface area contributed by atoms with Crippen LogP contribution >= 0.6 is 0 Å². The molecule has 0 radical (unpaired) electrons. The molecule has 0 aliphatic carbocycles. The molecule has 1 aliphatic rings. The molecular weight excluding hydrogens is 300 g/mol. The Kier molecular flexibility index (Phi) is 4.92. The van der Waals surface area contributed by atoms with Gasteiger partial charge in [0.25, 0.3) is 0 Å². The minimum atomic E-state index is -0.0825. The van der Waals surface area contributed by atoms with Crippen molar-refractivity contribution < 1.29 is 4.79 Å². The molecule has 1 atom stereocenters. The van der Waals surface area contributed by atoms with E-state index in [1.807, 2.05) is 18.9 Å². The van der Waals surface area contributed by atoms with Crippen LogP contribution in [0.5, 0.6) is 0 Å². The van der Waals surface area contributed by atoms with Gasteiger partial charge in [-0.3, -0.25) is 9.69 Å². The molecule has 0 saturated carbocycles. The molecule has 0 spiro atoms. The average Bonchev–Trinajstić information content (AvgIpc) is 2.95. The first-order chi connectivity index (χ1) is 11.5. The lowest BCUT2D eigenvalue weighted by molar-refractivity contribution is -0.137. The van der Waals surface area contributed by atoms with Gasteiger partial charge < -0.3 is 14.4 Å². The number of amides is 1. The Bertz CT molecular complexity index is 721. The van der Waals surface area contributed by atoms with Gasteiger partial charge in [-0.2, -0.15) is 0 Å². The van der Waals surface area contributed by atoms with Gasteiger partial charge in [0.05, 0.1) is 12.6 Å². The summed E-state index contributed by atoms with van der Waals surface area (Å²) in [4.78, 5) is 19.2. The number of fused-ring (bicyclic) bond motifs is 3. The number of para-hydroxylation sites is 1. The zero-order valence-corrected chi connectivity index (χ0v) is 15.2. The molecule has 1 unspecified atom stereocenters. The van der Waals surface area contributed by atoms with Crippen LogP contribution in [-0.2, 0) is 17.9 Å². The standard InChI is InChI=1S/C19H28N4O/c1-15(21(4)10-9-20(2)3)19(24)22-11-12-23-17(14-22)13-16-7-5-6-8-18(16)23/h5-8,13,15H,9-12,14H2,1-4H3. The van der Waals surface area contributed by atoms with Crippen molar-refractivity contribution in [2.24, 2.45) is 0 Å². The second-order valence-corrected chi connectivity index (χ2v) is 7.07.